The Morgan fingerprint density at radius 1 is 1.28 bits per heavy atom. The number of hydrogen-bond donors (Lipinski definition) is 1. The minimum Gasteiger partial charge on any atom is -0.329 e. The third-order valence-electron chi connectivity index (χ3n) is 3.85. The molecule has 0 bridgehead atoms. The summed E-state index contributed by atoms with van der Waals surface area (Å²) in [5.41, 5.74) is 10.0. The summed E-state index contributed by atoms with van der Waals surface area (Å²) in [5, 5.41) is 0. The molecule has 0 heterocycles. The number of nitrogens with two attached hydrogens (primary N) is 1. The van der Waals surface area contributed by atoms with E-state index < -0.39 is 0 Å². The van der Waals surface area contributed by atoms with Crippen LogP contribution >= 0.6 is 0 Å². The highest BCUT2D eigenvalue weighted by molar-refractivity contribution is 5.33. The van der Waals surface area contributed by atoms with Gasteiger partial charge in [0.2, 0.25) is 0 Å². The Balaban J connectivity index is 2.91. The number of nitrogens with zero attached hydrogens (tertiary/aromatic N) is 1. The zero-order valence-corrected chi connectivity index (χ0v) is 12.5. The summed E-state index contributed by atoms with van der Waals surface area (Å²) < 4.78 is 0. The van der Waals surface area contributed by atoms with Crippen molar-refractivity contribution in [2.24, 2.45) is 11.7 Å². The third kappa shape index (κ3) is 3.82. The average molecular weight is 248 g/mol. The summed E-state index contributed by atoms with van der Waals surface area (Å²) in [7, 11) is 2.19. The van der Waals surface area contributed by atoms with E-state index in [4.69, 9.17) is 5.73 Å². The van der Waals surface area contributed by atoms with Crippen LogP contribution in [0.25, 0.3) is 0 Å². The molecule has 2 atom stereocenters. The molecule has 2 heteroatoms. The molecule has 0 aromatic heterocycles. The second-order valence-corrected chi connectivity index (χ2v) is 5.56. The van der Waals surface area contributed by atoms with Gasteiger partial charge >= 0.3 is 0 Å². The summed E-state index contributed by atoms with van der Waals surface area (Å²) in [6.45, 7) is 10.6. The second kappa shape index (κ2) is 6.91. The molecule has 0 aliphatic rings. The quantitative estimate of drug-likeness (QED) is 0.837. The largest absolute Gasteiger partial charge is 0.329 e. The maximum absolute atomic E-state index is 6.00. The molecule has 0 saturated carbocycles. The Labute approximate surface area is 112 Å². The zero-order chi connectivity index (χ0) is 13.7. The first kappa shape index (κ1) is 15.2. The molecule has 0 amide bonds. The number of rotatable bonds is 6. The minimum atomic E-state index is 0.332. The zero-order valence-electron chi connectivity index (χ0n) is 12.5. The van der Waals surface area contributed by atoms with Gasteiger partial charge in [-0.15, -0.1) is 0 Å². The lowest BCUT2D eigenvalue weighted by Crippen LogP contribution is -2.34. The van der Waals surface area contributed by atoms with Crippen molar-refractivity contribution in [1.82, 2.24) is 4.90 Å². The lowest BCUT2D eigenvalue weighted by Gasteiger charge is -2.30. The van der Waals surface area contributed by atoms with Crippen molar-refractivity contribution in [3.05, 3.63) is 34.9 Å². The highest BCUT2D eigenvalue weighted by Gasteiger charge is 2.18. The van der Waals surface area contributed by atoms with Crippen LogP contribution in [-0.4, -0.2) is 25.0 Å². The van der Waals surface area contributed by atoms with Crippen LogP contribution in [0.2, 0.25) is 0 Å². The molecular weight excluding hydrogens is 220 g/mol. The normalized spacial score (nSPS) is 14.8. The van der Waals surface area contributed by atoms with Gasteiger partial charge in [-0.3, -0.25) is 4.90 Å². The van der Waals surface area contributed by atoms with Crippen molar-refractivity contribution < 1.29 is 0 Å². The summed E-state index contributed by atoms with van der Waals surface area (Å²) >= 11 is 0. The molecule has 0 fully saturated rings. The van der Waals surface area contributed by atoms with E-state index in [1.54, 1.807) is 0 Å². The fourth-order valence-corrected chi connectivity index (χ4v) is 2.41. The van der Waals surface area contributed by atoms with E-state index in [1.165, 1.54) is 23.1 Å². The molecular formula is C16H28N2. The van der Waals surface area contributed by atoms with E-state index in [0.717, 1.165) is 6.54 Å². The summed E-state index contributed by atoms with van der Waals surface area (Å²) in [5.74, 6) is 0.717. The van der Waals surface area contributed by atoms with E-state index >= 15 is 0 Å². The third-order valence-corrected chi connectivity index (χ3v) is 3.85. The standard InChI is InChI=1S/C16H28N2/c1-6-12(2)11-18(5)16(10-17)15-9-13(3)7-8-14(15)4/h7-9,12,16H,6,10-11,17H2,1-5H3. The van der Waals surface area contributed by atoms with Gasteiger partial charge in [0.05, 0.1) is 0 Å². The van der Waals surface area contributed by atoms with Gasteiger partial charge in [0, 0.05) is 19.1 Å². The fraction of sp³-hybridized carbons (Fsp3) is 0.625. The molecule has 0 aliphatic carbocycles. The Morgan fingerprint density at radius 2 is 1.94 bits per heavy atom. The smallest absolute Gasteiger partial charge is 0.0470 e. The molecule has 2 nitrogen and oxygen atoms in total. The molecule has 0 radical (unpaired) electrons. The first-order valence-corrected chi connectivity index (χ1v) is 6.97. The lowest BCUT2D eigenvalue weighted by molar-refractivity contribution is 0.214. The summed E-state index contributed by atoms with van der Waals surface area (Å²) in [4.78, 5) is 2.40. The van der Waals surface area contributed by atoms with E-state index in [2.05, 4.69) is 57.8 Å². The molecule has 1 aromatic carbocycles. The molecule has 18 heavy (non-hydrogen) atoms. The molecule has 1 rings (SSSR count). The van der Waals surface area contributed by atoms with Crippen LogP contribution in [0.5, 0.6) is 0 Å². The van der Waals surface area contributed by atoms with Gasteiger partial charge in [-0.1, -0.05) is 44.0 Å². The van der Waals surface area contributed by atoms with E-state index in [1.807, 2.05) is 0 Å². The topological polar surface area (TPSA) is 29.3 Å². The van der Waals surface area contributed by atoms with Crippen LogP contribution in [0, 0.1) is 19.8 Å². The maximum Gasteiger partial charge on any atom is 0.0470 e. The average Bonchev–Trinajstić information content (AvgIpc) is 2.34. The molecule has 2 N–H and O–H groups in total. The van der Waals surface area contributed by atoms with Crippen molar-refractivity contribution in [3.8, 4) is 0 Å². The predicted octanol–water partition coefficient (Wildman–Crippen LogP) is 3.28. The SMILES string of the molecule is CCC(C)CN(C)C(CN)c1cc(C)ccc1C. The van der Waals surface area contributed by atoms with Crippen LogP contribution in [0.1, 0.15) is 43.0 Å². The van der Waals surface area contributed by atoms with E-state index in [-0.39, 0.29) is 0 Å². The van der Waals surface area contributed by atoms with E-state index in [0.29, 0.717) is 18.5 Å². The number of hydrogen-bond acceptors (Lipinski definition) is 2. The Hall–Kier alpha value is -0.860. The Bertz CT molecular complexity index is 373. The number of aryl methyl sites for hydroxylation is 2. The number of benzene rings is 1. The van der Waals surface area contributed by atoms with Gasteiger partial charge in [-0.25, -0.2) is 0 Å². The first-order valence-electron chi connectivity index (χ1n) is 6.97. The van der Waals surface area contributed by atoms with Crippen molar-refractivity contribution in [3.63, 3.8) is 0 Å². The van der Waals surface area contributed by atoms with Crippen LogP contribution in [0.3, 0.4) is 0 Å². The van der Waals surface area contributed by atoms with Gasteiger partial charge in [-0.2, -0.15) is 0 Å². The highest BCUT2D eigenvalue weighted by atomic mass is 15.1. The first-order chi connectivity index (χ1) is 8.49. The molecule has 102 valence electrons. The molecule has 0 aliphatic heterocycles. The molecule has 2 unspecified atom stereocenters. The van der Waals surface area contributed by atoms with Gasteiger partial charge in [0.25, 0.3) is 0 Å². The Morgan fingerprint density at radius 3 is 2.50 bits per heavy atom. The van der Waals surface area contributed by atoms with Crippen LogP contribution in [0.15, 0.2) is 18.2 Å². The van der Waals surface area contributed by atoms with E-state index in [9.17, 15) is 0 Å². The van der Waals surface area contributed by atoms with Gasteiger partial charge in [0.1, 0.15) is 0 Å². The molecule has 1 aromatic rings. The highest BCUT2D eigenvalue weighted by Crippen LogP contribution is 2.24. The van der Waals surface area contributed by atoms with Crippen molar-refractivity contribution in [2.45, 2.75) is 40.2 Å². The van der Waals surface area contributed by atoms with Gasteiger partial charge in [0.15, 0.2) is 0 Å². The lowest BCUT2D eigenvalue weighted by atomic mass is 9.97. The summed E-state index contributed by atoms with van der Waals surface area (Å²) in [6.07, 6.45) is 1.22. The van der Waals surface area contributed by atoms with Gasteiger partial charge < -0.3 is 5.73 Å². The predicted molar refractivity (Wildman–Crippen MR) is 79.8 cm³/mol. The van der Waals surface area contributed by atoms with Gasteiger partial charge in [-0.05, 0) is 37.9 Å². The van der Waals surface area contributed by atoms with Crippen LogP contribution in [0.4, 0.5) is 0 Å². The minimum absolute atomic E-state index is 0.332. The van der Waals surface area contributed by atoms with Crippen LogP contribution < -0.4 is 5.73 Å². The molecule has 0 saturated heterocycles. The maximum atomic E-state index is 6.00. The molecule has 0 spiro atoms. The van der Waals surface area contributed by atoms with Crippen LogP contribution in [-0.2, 0) is 0 Å². The monoisotopic (exact) mass is 248 g/mol. The van der Waals surface area contributed by atoms with Crippen molar-refractivity contribution >= 4 is 0 Å². The van der Waals surface area contributed by atoms with Crippen molar-refractivity contribution in [2.75, 3.05) is 20.1 Å². The number of likely N-dealkylation sites (N-methyl/N-ethyl adjacent to an activating group) is 1. The fourth-order valence-electron chi connectivity index (χ4n) is 2.41. The Kier molecular flexibility index (Phi) is 5.83. The second-order valence-electron chi connectivity index (χ2n) is 5.56. The summed E-state index contributed by atoms with van der Waals surface area (Å²) in [6, 6.07) is 6.98. The van der Waals surface area contributed by atoms with Crippen molar-refractivity contribution in [1.29, 1.82) is 0 Å².